The normalized spacial score (nSPS) is 12.2. The maximum Gasteiger partial charge on any atom is 0.420 e. The largest absolute Gasteiger partial charge is 0.434 e. The number of anilines is 1. The zero-order chi connectivity index (χ0) is 27.0. The third kappa shape index (κ3) is 6.64. The molecule has 0 spiro atoms. The minimum atomic E-state index is -4.78. The molecule has 3 rings (SSSR count). The Labute approximate surface area is 209 Å². The minimum absolute atomic E-state index is 0.0886. The average Bonchev–Trinajstić information content (AvgIpc) is 3.29. The number of hydrogen-bond donors (Lipinski definition) is 1. The van der Waals surface area contributed by atoms with Gasteiger partial charge in [0.2, 0.25) is 5.89 Å². The lowest BCUT2D eigenvalue weighted by Crippen LogP contribution is -2.06. The van der Waals surface area contributed by atoms with Gasteiger partial charge in [-0.05, 0) is 42.3 Å². The first-order valence-electron chi connectivity index (χ1n) is 10.9. The van der Waals surface area contributed by atoms with Crippen molar-refractivity contribution in [1.82, 2.24) is 9.97 Å². The predicted octanol–water partition coefficient (Wildman–Crippen LogP) is 5.81. The second kappa shape index (κ2) is 11.7. The Kier molecular flexibility index (Phi) is 8.48. The van der Waals surface area contributed by atoms with Crippen LogP contribution in [-0.2, 0) is 6.18 Å². The molecule has 2 heterocycles. The molecule has 12 heteroatoms. The number of rotatable bonds is 10. The number of nitrogens with zero attached hydrogens (tertiary/aromatic N) is 6. The molecule has 188 valence electrons. The number of oxazole rings is 1. The van der Waals surface area contributed by atoms with Gasteiger partial charge < -0.3 is 9.73 Å². The number of carbonyl (C=O) groups excluding carboxylic acids is 1. The number of carbonyl (C=O) groups is 1. The number of aromatic nitrogens is 2. The fraction of sp³-hybridized carbons (Fsp3) is 0.240. The number of aldehydes is 1. The summed E-state index contributed by atoms with van der Waals surface area (Å²) in [7, 11) is 0. The van der Waals surface area contributed by atoms with Crippen molar-refractivity contribution < 1.29 is 22.4 Å². The number of nitrogens with one attached hydrogen (secondary N) is 1. The number of hydrogen-bond acceptors (Lipinski definition) is 9. The number of halogens is 3. The van der Waals surface area contributed by atoms with E-state index in [0.29, 0.717) is 41.4 Å². The molecule has 37 heavy (non-hydrogen) atoms. The summed E-state index contributed by atoms with van der Waals surface area (Å²) < 4.78 is 46.4. The van der Waals surface area contributed by atoms with E-state index in [4.69, 9.17) is 14.9 Å². The first kappa shape index (κ1) is 26.8. The van der Waals surface area contributed by atoms with Crippen LogP contribution in [-0.4, -0.2) is 35.2 Å². The van der Waals surface area contributed by atoms with E-state index in [2.05, 4.69) is 32.2 Å². The van der Waals surface area contributed by atoms with Gasteiger partial charge in [-0.25, -0.2) is 9.97 Å². The highest BCUT2D eigenvalue weighted by molar-refractivity contribution is 5.93. The number of benzene rings is 1. The zero-order valence-electron chi connectivity index (χ0n) is 19.6. The van der Waals surface area contributed by atoms with Gasteiger partial charge in [0.25, 0.3) is 0 Å². The van der Waals surface area contributed by atoms with Crippen LogP contribution in [0.5, 0.6) is 0 Å². The van der Waals surface area contributed by atoms with Gasteiger partial charge in [0.05, 0.1) is 25.0 Å². The Bertz CT molecular complexity index is 1470. The minimum Gasteiger partial charge on any atom is -0.434 e. The van der Waals surface area contributed by atoms with E-state index in [0.717, 1.165) is 0 Å². The van der Waals surface area contributed by atoms with Crippen molar-refractivity contribution in [3.63, 3.8) is 0 Å². The molecule has 2 aromatic heterocycles. The topological polar surface area (TPSA) is 140 Å². The predicted molar refractivity (Wildman–Crippen MR) is 132 cm³/mol. The SMILES string of the molecule is C=N/N=C(\C)C/C(=C\CC#N)c1cc(NCCC#N)nc(-c2nc3cc(C=O)cc(C(F)(F)F)c3o2)c1. The Morgan fingerprint density at radius 3 is 2.65 bits per heavy atom. The van der Waals surface area contributed by atoms with Crippen molar-refractivity contribution in [3.8, 4) is 23.7 Å². The van der Waals surface area contributed by atoms with Crippen molar-refractivity contribution in [2.24, 2.45) is 10.2 Å². The molecule has 0 saturated heterocycles. The highest BCUT2D eigenvalue weighted by Gasteiger charge is 2.35. The number of nitriles is 2. The van der Waals surface area contributed by atoms with Gasteiger partial charge >= 0.3 is 6.18 Å². The maximum absolute atomic E-state index is 13.6. The Morgan fingerprint density at radius 1 is 1.22 bits per heavy atom. The molecule has 0 aliphatic carbocycles. The summed E-state index contributed by atoms with van der Waals surface area (Å²) in [6, 6.07) is 9.17. The van der Waals surface area contributed by atoms with E-state index in [1.807, 2.05) is 12.1 Å². The summed E-state index contributed by atoms with van der Waals surface area (Å²) in [5.41, 5.74) is -0.0555. The molecule has 0 amide bonds. The summed E-state index contributed by atoms with van der Waals surface area (Å²) in [5, 5.41) is 28.4. The molecule has 0 aliphatic heterocycles. The lowest BCUT2D eigenvalue weighted by atomic mass is 9.99. The van der Waals surface area contributed by atoms with Gasteiger partial charge in [-0.1, -0.05) is 6.08 Å². The zero-order valence-corrected chi connectivity index (χ0v) is 19.6. The van der Waals surface area contributed by atoms with Crippen LogP contribution in [0.2, 0.25) is 0 Å². The fourth-order valence-corrected chi connectivity index (χ4v) is 3.50. The van der Waals surface area contributed by atoms with Crippen LogP contribution in [0.4, 0.5) is 19.0 Å². The third-order valence-corrected chi connectivity index (χ3v) is 5.04. The first-order valence-corrected chi connectivity index (χ1v) is 10.9. The van der Waals surface area contributed by atoms with Crippen molar-refractivity contribution in [1.29, 1.82) is 10.5 Å². The Hall–Kier alpha value is -4.84. The van der Waals surface area contributed by atoms with Crippen LogP contribution in [0, 0.1) is 22.7 Å². The molecule has 0 atom stereocenters. The lowest BCUT2D eigenvalue weighted by molar-refractivity contribution is -0.136. The third-order valence-electron chi connectivity index (χ3n) is 5.04. The van der Waals surface area contributed by atoms with Crippen LogP contribution in [0.25, 0.3) is 28.3 Å². The quantitative estimate of drug-likeness (QED) is 0.158. The molecule has 0 fully saturated rings. The van der Waals surface area contributed by atoms with Gasteiger partial charge in [-0.15, -0.1) is 0 Å². The number of allylic oxidation sites excluding steroid dienone is 2. The van der Waals surface area contributed by atoms with E-state index < -0.39 is 17.3 Å². The standard InChI is InChI=1S/C25H20F3N7O2/c1-15(35-31-2)9-17(5-3-6-29)18-12-21(33-22(13-18)32-8-4-7-30)24-34-20-11-16(14-36)10-19(23(20)37-24)25(26,27)28/h5,10-14H,2-4,8-9H2,1H3,(H,32,33)/b17-5+,35-15+. The van der Waals surface area contributed by atoms with E-state index >= 15 is 0 Å². The van der Waals surface area contributed by atoms with E-state index in [1.165, 1.54) is 6.07 Å². The molecule has 0 bridgehead atoms. The van der Waals surface area contributed by atoms with Crippen LogP contribution in [0.1, 0.15) is 47.7 Å². The van der Waals surface area contributed by atoms with Crippen molar-refractivity contribution in [2.45, 2.75) is 32.4 Å². The monoisotopic (exact) mass is 507 g/mol. The van der Waals surface area contributed by atoms with E-state index in [1.54, 1.807) is 25.1 Å². The van der Waals surface area contributed by atoms with Crippen LogP contribution < -0.4 is 5.32 Å². The molecule has 9 nitrogen and oxygen atoms in total. The summed E-state index contributed by atoms with van der Waals surface area (Å²) in [4.78, 5) is 19.8. The molecule has 3 aromatic rings. The molecule has 0 unspecified atom stereocenters. The van der Waals surface area contributed by atoms with Crippen LogP contribution in [0.3, 0.4) is 0 Å². The molecule has 1 N–H and O–H groups in total. The van der Waals surface area contributed by atoms with Crippen molar-refractivity contribution >= 4 is 41.2 Å². The molecule has 1 aromatic carbocycles. The van der Waals surface area contributed by atoms with E-state index in [9.17, 15) is 18.0 Å². The Morgan fingerprint density at radius 2 is 2.00 bits per heavy atom. The smallest absolute Gasteiger partial charge is 0.420 e. The summed E-state index contributed by atoms with van der Waals surface area (Å²) in [6.45, 7) is 5.32. The van der Waals surface area contributed by atoms with Crippen molar-refractivity contribution in [3.05, 3.63) is 47.0 Å². The molecule has 0 radical (unpaired) electrons. The maximum atomic E-state index is 13.6. The van der Waals surface area contributed by atoms with Gasteiger partial charge in [0, 0.05) is 31.0 Å². The summed E-state index contributed by atoms with van der Waals surface area (Å²) in [6.07, 6.45) is -2.22. The first-order chi connectivity index (χ1) is 17.7. The number of alkyl halides is 3. The Balaban J connectivity index is 2.21. The lowest BCUT2D eigenvalue weighted by Gasteiger charge is -2.12. The van der Waals surface area contributed by atoms with Crippen molar-refractivity contribution in [2.75, 3.05) is 11.9 Å². The van der Waals surface area contributed by atoms with E-state index in [-0.39, 0.29) is 42.1 Å². The molecule has 0 aliphatic rings. The summed E-state index contributed by atoms with van der Waals surface area (Å²) >= 11 is 0. The second-order valence-corrected chi connectivity index (χ2v) is 7.76. The summed E-state index contributed by atoms with van der Waals surface area (Å²) in [5.74, 6) is 0.112. The van der Waals surface area contributed by atoms with Crippen LogP contribution in [0.15, 0.2) is 45.0 Å². The van der Waals surface area contributed by atoms with Gasteiger partial charge in [-0.2, -0.15) is 33.9 Å². The van der Waals surface area contributed by atoms with Gasteiger partial charge in [0.1, 0.15) is 28.9 Å². The fourth-order valence-electron chi connectivity index (χ4n) is 3.50. The second-order valence-electron chi connectivity index (χ2n) is 7.76. The number of pyridine rings is 1. The average molecular weight is 507 g/mol. The van der Waals surface area contributed by atoms with Gasteiger partial charge in [0.15, 0.2) is 5.58 Å². The highest BCUT2D eigenvalue weighted by Crippen LogP contribution is 2.38. The van der Waals surface area contributed by atoms with Gasteiger partial charge in [-0.3, -0.25) is 4.79 Å². The van der Waals surface area contributed by atoms with Crippen LogP contribution >= 0.6 is 0 Å². The highest BCUT2D eigenvalue weighted by atomic mass is 19.4. The molecule has 0 saturated carbocycles. The molecular formula is C25H20F3N7O2. The number of fused-ring (bicyclic) bond motifs is 1. The molecular weight excluding hydrogens is 487 g/mol.